The summed E-state index contributed by atoms with van der Waals surface area (Å²) in [7, 11) is 0. The van der Waals surface area contributed by atoms with Crippen molar-refractivity contribution in [2.24, 2.45) is 23.1 Å². The maximum absolute atomic E-state index is 12.3. The molecule has 1 aliphatic heterocycles. The number of amides is 1. The number of carbonyl (C=O) groups excluding carboxylic acids is 1. The van der Waals surface area contributed by atoms with Crippen LogP contribution in [0.5, 0.6) is 0 Å². The van der Waals surface area contributed by atoms with Crippen LogP contribution >= 0.6 is 0 Å². The van der Waals surface area contributed by atoms with Gasteiger partial charge in [-0.25, -0.2) is 14.6 Å². The van der Waals surface area contributed by atoms with Crippen LogP contribution in [0.4, 0.5) is 0 Å². The smallest absolute Gasteiger partial charge is 0.328 e. The Hall–Kier alpha value is -2.25. The number of rotatable bonds is 8. The van der Waals surface area contributed by atoms with Crippen molar-refractivity contribution in [2.75, 3.05) is 13.1 Å². The van der Waals surface area contributed by atoms with E-state index in [1.165, 1.54) is 13.1 Å². The highest BCUT2D eigenvalue weighted by Gasteiger charge is 2.47. The first-order valence-corrected chi connectivity index (χ1v) is 11.4. The number of aryl methyl sites for hydroxylation is 1. The molecule has 10 atom stereocenters. The molecule has 0 radical (unpaired) electrons. The Morgan fingerprint density at radius 1 is 1.17 bits per heavy atom. The highest BCUT2D eigenvalue weighted by Crippen LogP contribution is 2.28. The van der Waals surface area contributed by atoms with Gasteiger partial charge < -0.3 is 47.7 Å². The summed E-state index contributed by atoms with van der Waals surface area (Å²) in [5, 5.41) is 43.5. The summed E-state index contributed by atoms with van der Waals surface area (Å²) in [4.78, 5) is 48.3. The standard InChI is InChI=1S/C20H34N6O10/c1-7-5-26(20(33)25-18(7)32)6-11(28)24-4-10-14(29)15(30)13(23)19(34-10)36-35-17-8(3-21)2-9(27)12(22)16(17)31/h5,8-10,12-17,19,27,29-31H,2-4,6,21-23H2,1H3,(H,24,28)(H,25,32,33)/t8-,9-,10-,12+,13-,14-,15-,16-,17-,19-/m1/s1. The lowest BCUT2D eigenvalue weighted by Crippen LogP contribution is -2.64. The summed E-state index contributed by atoms with van der Waals surface area (Å²) in [5.74, 6) is -1.14. The van der Waals surface area contributed by atoms with E-state index in [4.69, 9.17) is 31.7 Å². The molecule has 1 amide bonds. The maximum Gasteiger partial charge on any atom is 0.328 e. The number of hydrogen-bond acceptors (Lipinski definition) is 13. The fourth-order valence-corrected chi connectivity index (χ4v) is 4.18. The number of nitrogens with two attached hydrogens (primary N) is 3. The lowest BCUT2D eigenvalue weighted by Gasteiger charge is -2.43. The molecule has 36 heavy (non-hydrogen) atoms. The minimum Gasteiger partial charge on any atom is -0.391 e. The van der Waals surface area contributed by atoms with Crippen LogP contribution in [0.3, 0.4) is 0 Å². The molecule has 2 heterocycles. The fourth-order valence-electron chi connectivity index (χ4n) is 4.18. The van der Waals surface area contributed by atoms with Gasteiger partial charge in [0.15, 0.2) is 0 Å². The SMILES string of the molecule is Cc1cn(CC(=O)NC[C@H]2O[C@H](OO[C@@H]3[C@@H](CN)C[C@@H](O)[C@H](N)[C@H]3O)[C@H](N)[C@@H](O)[C@@H]2O)c(=O)[nH]c1=O. The number of H-pyrrole nitrogens is 1. The molecule has 0 aromatic carbocycles. The molecule has 1 saturated carbocycles. The van der Waals surface area contributed by atoms with E-state index in [-0.39, 0.29) is 25.1 Å². The number of carbonyl (C=O) groups is 1. The van der Waals surface area contributed by atoms with Gasteiger partial charge in [0.2, 0.25) is 12.2 Å². The topological polar surface area (TPSA) is 271 Å². The van der Waals surface area contributed by atoms with E-state index in [1.807, 2.05) is 0 Å². The highest BCUT2D eigenvalue weighted by molar-refractivity contribution is 5.75. The normalized spacial score (nSPS) is 37.0. The lowest BCUT2D eigenvalue weighted by atomic mass is 9.80. The van der Waals surface area contributed by atoms with Crippen molar-refractivity contribution in [2.45, 2.75) is 74.9 Å². The van der Waals surface area contributed by atoms with E-state index in [2.05, 4.69) is 10.3 Å². The molecule has 0 bridgehead atoms. The Morgan fingerprint density at radius 2 is 1.86 bits per heavy atom. The predicted molar refractivity (Wildman–Crippen MR) is 121 cm³/mol. The summed E-state index contributed by atoms with van der Waals surface area (Å²) in [5.41, 5.74) is 16.3. The Kier molecular flexibility index (Phi) is 9.33. The molecule has 1 aromatic rings. The highest BCUT2D eigenvalue weighted by atomic mass is 17.2. The minimum atomic E-state index is -1.52. The first kappa shape index (κ1) is 28.3. The van der Waals surface area contributed by atoms with Gasteiger partial charge in [0, 0.05) is 24.2 Å². The number of ether oxygens (including phenoxy) is 1. The van der Waals surface area contributed by atoms with Crippen molar-refractivity contribution < 1.29 is 39.7 Å². The van der Waals surface area contributed by atoms with Gasteiger partial charge in [0.25, 0.3) is 5.56 Å². The van der Waals surface area contributed by atoms with Gasteiger partial charge in [-0.1, -0.05) is 0 Å². The first-order chi connectivity index (χ1) is 16.9. The monoisotopic (exact) mass is 518 g/mol. The Balaban J connectivity index is 1.60. The quantitative estimate of drug-likeness (QED) is 0.115. The van der Waals surface area contributed by atoms with E-state index in [0.717, 1.165) is 4.57 Å². The average Bonchev–Trinajstić information content (AvgIpc) is 2.84. The third-order valence-corrected chi connectivity index (χ3v) is 6.50. The molecule has 1 aromatic heterocycles. The van der Waals surface area contributed by atoms with E-state index in [1.54, 1.807) is 0 Å². The molecular weight excluding hydrogens is 484 g/mol. The zero-order chi connectivity index (χ0) is 26.7. The number of hydrogen-bond donors (Lipinski definition) is 9. The van der Waals surface area contributed by atoms with Crippen LogP contribution in [0, 0.1) is 12.8 Å². The Morgan fingerprint density at radius 3 is 2.53 bits per heavy atom. The molecule has 0 spiro atoms. The molecule has 0 unspecified atom stereocenters. The van der Waals surface area contributed by atoms with Gasteiger partial charge in [-0.15, -0.1) is 0 Å². The average molecular weight is 519 g/mol. The number of aliphatic hydroxyl groups is 4. The van der Waals surface area contributed by atoms with Crippen LogP contribution in [0.2, 0.25) is 0 Å². The van der Waals surface area contributed by atoms with Crippen LogP contribution in [0.25, 0.3) is 0 Å². The summed E-state index contributed by atoms with van der Waals surface area (Å²) in [6, 6.07) is -2.26. The molecule has 1 saturated heterocycles. The van der Waals surface area contributed by atoms with Crippen molar-refractivity contribution in [3.05, 3.63) is 32.6 Å². The van der Waals surface area contributed by atoms with Crippen LogP contribution in [-0.2, 0) is 25.9 Å². The third kappa shape index (κ3) is 6.17. The van der Waals surface area contributed by atoms with Crippen molar-refractivity contribution >= 4 is 5.91 Å². The molecule has 204 valence electrons. The van der Waals surface area contributed by atoms with E-state index in [0.29, 0.717) is 0 Å². The summed E-state index contributed by atoms with van der Waals surface area (Å²) >= 11 is 0. The van der Waals surface area contributed by atoms with E-state index >= 15 is 0 Å². The van der Waals surface area contributed by atoms with Gasteiger partial charge in [-0.3, -0.25) is 19.1 Å². The zero-order valence-electron chi connectivity index (χ0n) is 19.6. The third-order valence-electron chi connectivity index (χ3n) is 6.50. The summed E-state index contributed by atoms with van der Waals surface area (Å²) < 4.78 is 6.58. The van der Waals surface area contributed by atoms with Gasteiger partial charge in [0.1, 0.15) is 37.1 Å². The van der Waals surface area contributed by atoms with Crippen LogP contribution < -0.4 is 33.8 Å². The first-order valence-electron chi connectivity index (χ1n) is 11.4. The summed E-state index contributed by atoms with van der Waals surface area (Å²) in [6.07, 6.45) is -7.55. The zero-order valence-corrected chi connectivity index (χ0v) is 19.6. The number of aliphatic hydroxyl groups excluding tert-OH is 4. The van der Waals surface area contributed by atoms with Crippen LogP contribution in [0.1, 0.15) is 12.0 Å². The predicted octanol–water partition coefficient (Wildman–Crippen LogP) is -5.92. The molecule has 12 N–H and O–H groups in total. The molecule has 1 aliphatic carbocycles. The van der Waals surface area contributed by atoms with Crippen molar-refractivity contribution in [1.29, 1.82) is 0 Å². The van der Waals surface area contributed by atoms with Crippen LogP contribution in [0.15, 0.2) is 15.8 Å². The Labute approximate surface area is 204 Å². The van der Waals surface area contributed by atoms with Gasteiger partial charge >= 0.3 is 5.69 Å². The largest absolute Gasteiger partial charge is 0.391 e. The fraction of sp³-hybridized carbons (Fsp3) is 0.750. The maximum atomic E-state index is 12.3. The Bertz CT molecular complexity index is 1020. The van der Waals surface area contributed by atoms with Gasteiger partial charge in [-0.2, -0.15) is 0 Å². The van der Waals surface area contributed by atoms with Crippen molar-refractivity contribution in [3.8, 4) is 0 Å². The van der Waals surface area contributed by atoms with Crippen molar-refractivity contribution in [3.63, 3.8) is 0 Å². The molecular formula is C20H34N6O10. The number of nitrogens with one attached hydrogen (secondary N) is 2. The van der Waals surface area contributed by atoms with Crippen molar-refractivity contribution in [1.82, 2.24) is 14.9 Å². The number of aromatic nitrogens is 2. The second kappa shape index (κ2) is 11.9. The summed E-state index contributed by atoms with van der Waals surface area (Å²) in [6.45, 7) is 0.815. The second-order valence-corrected chi connectivity index (χ2v) is 9.13. The van der Waals surface area contributed by atoms with Crippen LogP contribution in [-0.4, -0.2) is 104 Å². The van der Waals surface area contributed by atoms with E-state index < -0.39 is 84.6 Å². The van der Waals surface area contributed by atoms with Gasteiger partial charge in [0.05, 0.1) is 18.2 Å². The number of nitrogens with zero attached hydrogens (tertiary/aromatic N) is 1. The molecule has 16 heteroatoms. The lowest BCUT2D eigenvalue weighted by molar-refractivity contribution is -0.438. The number of aromatic amines is 1. The molecule has 2 fully saturated rings. The molecule has 3 rings (SSSR count). The molecule has 16 nitrogen and oxygen atoms in total. The molecule has 2 aliphatic rings. The van der Waals surface area contributed by atoms with Gasteiger partial charge in [-0.05, 0) is 19.9 Å². The second-order valence-electron chi connectivity index (χ2n) is 9.13. The minimum absolute atomic E-state index is 0.0559. The van der Waals surface area contributed by atoms with E-state index in [9.17, 15) is 34.8 Å².